The molecule has 0 radical (unpaired) electrons. The molecule has 0 atom stereocenters. The molecule has 0 amide bonds. The molecule has 35 heavy (non-hydrogen) atoms. The van der Waals surface area contributed by atoms with Gasteiger partial charge in [-0.1, -0.05) is 0 Å². The number of hydrogen-bond acceptors (Lipinski definition) is 1. The van der Waals surface area contributed by atoms with E-state index in [-0.39, 0.29) is 12.8 Å². The maximum absolute atomic E-state index is 13.4. The number of alkyl halides is 6. The first-order valence-electron chi connectivity index (χ1n) is 8.71. The van der Waals surface area contributed by atoms with Gasteiger partial charge in [0.25, 0.3) is 0 Å². The van der Waals surface area contributed by atoms with Crippen molar-refractivity contribution in [3.8, 4) is 11.1 Å². The van der Waals surface area contributed by atoms with Crippen LogP contribution >= 0.6 is 0 Å². The van der Waals surface area contributed by atoms with Gasteiger partial charge in [0.2, 0.25) is 11.6 Å². The summed E-state index contributed by atoms with van der Waals surface area (Å²) in [6.07, 6.45) is -5.67. The molecule has 0 spiro atoms. The number of nitrogens with one attached hydrogen (secondary N) is 1. The van der Waals surface area contributed by atoms with Crippen molar-refractivity contribution in [3.63, 3.8) is 0 Å². The summed E-state index contributed by atoms with van der Waals surface area (Å²) in [4.78, 5) is 0. The molecular formula is C18H9F16N. The van der Waals surface area contributed by atoms with Gasteiger partial charge < -0.3 is 0 Å². The summed E-state index contributed by atoms with van der Waals surface area (Å²) in [6.45, 7) is -1.28. The number of hydrogen-bond donors (Lipinski definition) is 1. The van der Waals surface area contributed by atoms with E-state index in [0.717, 1.165) is 5.32 Å². The third kappa shape index (κ3) is 6.29. The zero-order valence-corrected chi connectivity index (χ0v) is 16.4. The fourth-order valence-electron chi connectivity index (χ4n) is 2.21. The van der Waals surface area contributed by atoms with Crippen LogP contribution in [0.15, 0.2) is 0 Å². The summed E-state index contributed by atoms with van der Waals surface area (Å²) in [5.41, 5.74) is -4.52. The maximum atomic E-state index is 13.4. The first-order chi connectivity index (χ1) is 15.9. The van der Waals surface area contributed by atoms with Crippen LogP contribution in [-0.4, -0.2) is 25.4 Å². The van der Waals surface area contributed by atoms with Gasteiger partial charge in [0.15, 0.2) is 46.5 Å². The second-order valence-corrected chi connectivity index (χ2v) is 6.28. The number of unbranched alkanes of at least 4 members (excludes halogenated alkanes) is 1. The maximum Gasteiger partial charge on any atom is 0.469 e. The molecule has 0 saturated carbocycles. The SMILES string of the molecule is FCCCCNC(F)(F)C(F)(F)F.Fc1c(F)c(F)c(-c2c(F)c(F)c(F)c(F)c2F)c(F)c1F. The Morgan fingerprint density at radius 1 is 0.457 bits per heavy atom. The summed E-state index contributed by atoms with van der Waals surface area (Å²) >= 11 is 0. The number of rotatable bonds is 6. The van der Waals surface area contributed by atoms with Crippen molar-refractivity contribution in [2.24, 2.45) is 0 Å². The summed E-state index contributed by atoms with van der Waals surface area (Å²) in [5.74, 6) is -26.6. The Bertz CT molecular complexity index is 936. The minimum absolute atomic E-state index is 0.0268. The van der Waals surface area contributed by atoms with E-state index >= 15 is 0 Å². The van der Waals surface area contributed by atoms with E-state index in [1.165, 1.54) is 0 Å². The van der Waals surface area contributed by atoms with E-state index in [0.29, 0.717) is 0 Å². The van der Waals surface area contributed by atoms with Crippen LogP contribution in [0.5, 0.6) is 0 Å². The lowest BCUT2D eigenvalue weighted by Crippen LogP contribution is -2.49. The van der Waals surface area contributed by atoms with Gasteiger partial charge in [0.1, 0.15) is 0 Å². The van der Waals surface area contributed by atoms with Crippen molar-refractivity contribution in [3.05, 3.63) is 58.2 Å². The summed E-state index contributed by atoms with van der Waals surface area (Å²) in [5, 5.41) is 1.01. The molecule has 0 unspecified atom stereocenters. The zero-order chi connectivity index (χ0) is 27.5. The van der Waals surface area contributed by atoms with Gasteiger partial charge in [-0.15, -0.1) is 0 Å². The van der Waals surface area contributed by atoms with E-state index in [1.807, 2.05) is 0 Å². The molecule has 0 aliphatic heterocycles. The van der Waals surface area contributed by atoms with Crippen LogP contribution in [0.3, 0.4) is 0 Å². The lowest BCUT2D eigenvalue weighted by molar-refractivity contribution is -0.295. The number of halogens is 16. The molecule has 0 heterocycles. The van der Waals surface area contributed by atoms with E-state index < -0.39 is 94.7 Å². The molecule has 198 valence electrons. The van der Waals surface area contributed by atoms with Gasteiger partial charge >= 0.3 is 12.2 Å². The van der Waals surface area contributed by atoms with Crippen molar-refractivity contribution in [2.75, 3.05) is 13.2 Å². The Labute approximate surface area is 184 Å². The van der Waals surface area contributed by atoms with E-state index in [1.54, 1.807) is 0 Å². The molecule has 1 nitrogen and oxygen atoms in total. The highest BCUT2D eigenvalue weighted by molar-refractivity contribution is 5.67. The second kappa shape index (κ2) is 11.3. The standard InChI is InChI=1S/C12F10.C6H9F6N/c13-3-1(4(14)8(18)11(21)7(3)17)2-5(15)9(19)12(22)10(20)6(2)16;7-3-1-2-4-13-6(11,12)5(8,9)10/h;13H,1-4H2. The van der Waals surface area contributed by atoms with Gasteiger partial charge in [0, 0.05) is 6.54 Å². The van der Waals surface area contributed by atoms with Crippen molar-refractivity contribution in [2.45, 2.75) is 25.1 Å². The molecule has 2 aromatic carbocycles. The fraction of sp³-hybridized carbons (Fsp3) is 0.333. The Hall–Kier alpha value is -2.72. The van der Waals surface area contributed by atoms with Gasteiger partial charge in [-0.05, 0) is 12.8 Å². The first kappa shape index (κ1) is 30.3. The Kier molecular flexibility index (Phi) is 9.82. The smallest absolute Gasteiger partial charge is 0.251 e. The molecule has 2 rings (SSSR count). The Balaban J connectivity index is 0.000000405. The predicted octanol–water partition coefficient (Wildman–Crippen LogP) is 7.23. The zero-order valence-electron chi connectivity index (χ0n) is 16.4. The lowest BCUT2D eigenvalue weighted by Gasteiger charge is -2.20. The second-order valence-electron chi connectivity index (χ2n) is 6.28. The average Bonchev–Trinajstić information content (AvgIpc) is 2.78. The van der Waals surface area contributed by atoms with Crippen molar-refractivity contribution >= 4 is 0 Å². The van der Waals surface area contributed by atoms with Crippen LogP contribution in [0.4, 0.5) is 70.2 Å². The molecule has 1 N–H and O–H groups in total. The quantitative estimate of drug-likeness (QED) is 0.133. The topological polar surface area (TPSA) is 12.0 Å². The molecule has 17 heteroatoms. The van der Waals surface area contributed by atoms with Crippen molar-refractivity contribution in [1.82, 2.24) is 5.32 Å². The summed E-state index contributed by atoms with van der Waals surface area (Å²) in [7, 11) is 0. The molecule has 0 saturated heterocycles. The Morgan fingerprint density at radius 2 is 0.743 bits per heavy atom. The van der Waals surface area contributed by atoms with Crippen LogP contribution in [0.25, 0.3) is 11.1 Å². The van der Waals surface area contributed by atoms with Crippen LogP contribution in [0, 0.1) is 58.2 Å². The van der Waals surface area contributed by atoms with Crippen LogP contribution in [0.2, 0.25) is 0 Å². The highest BCUT2D eigenvalue weighted by Crippen LogP contribution is 2.37. The molecule has 0 aliphatic rings. The van der Waals surface area contributed by atoms with Gasteiger partial charge in [-0.25, -0.2) is 43.9 Å². The van der Waals surface area contributed by atoms with E-state index in [9.17, 15) is 70.2 Å². The normalized spacial score (nSPS) is 12.0. The number of benzene rings is 2. The molecule has 0 fully saturated rings. The van der Waals surface area contributed by atoms with Gasteiger partial charge in [0.05, 0.1) is 17.8 Å². The summed E-state index contributed by atoms with van der Waals surface area (Å²) < 4.78 is 201. The van der Waals surface area contributed by atoms with Crippen LogP contribution in [0.1, 0.15) is 12.8 Å². The molecule has 0 aliphatic carbocycles. The van der Waals surface area contributed by atoms with E-state index in [4.69, 9.17) is 0 Å². The largest absolute Gasteiger partial charge is 0.469 e. The molecule has 2 aromatic rings. The molecule has 0 bridgehead atoms. The van der Waals surface area contributed by atoms with E-state index in [2.05, 4.69) is 0 Å². The third-order valence-corrected chi connectivity index (χ3v) is 3.93. The highest BCUT2D eigenvalue weighted by atomic mass is 19.4. The predicted molar refractivity (Wildman–Crippen MR) is 85.7 cm³/mol. The monoisotopic (exact) mass is 543 g/mol. The average molecular weight is 543 g/mol. The van der Waals surface area contributed by atoms with Crippen LogP contribution in [-0.2, 0) is 0 Å². The highest BCUT2D eigenvalue weighted by Gasteiger charge is 2.57. The first-order valence-corrected chi connectivity index (χ1v) is 8.71. The lowest BCUT2D eigenvalue weighted by atomic mass is 10.0. The van der Waals surface area contributed by atoms with Crippen molar-refractivity contribution in [1.29, 1.82) is 0 Å². The Morgan fingerprint density at radius 3 is 1.00 bits per heavy atom. The van der Waals surface area contributed by atoms with Crippen LogP contribution < -0.4 is 5.32 Å². The minimum atomic E-state index is -5.59. The third-order valence-electron chi connectivity index (χ3n) is 3.93. The molecule has 0 aromatic heterocycles. The molecular weight excluding hydrogens is 534 g/mol. The summed E-state index contributed by atoms with van der Waals surface area (Å²) in [6, 6.07) is -4.89. The van der Waals surface area contributed by atoms with Crippen molar-refractivity contribution < 1.29 is 70.2 Å². The minimum Gasteiger partial charge on any atom is -0.251 e. The fourth-order valence-corrected chi connectivity index (χ4v) is 2.21. The van der Waals surface area contributed by atoms with Gasteiger partial charge in [-0.3, -0.25) is 9.71 Å². The van der Waals surface area contributed by atoms with Gasteiger partial charge in [-0.2, -0.15) is 22.0 Å².